The third-order valence-corrected chi connectivity index (χ3v) is 6.31. The van der Waals surface area contributed by atoms with Crippen LogP contribution in [0, 0.1) is 5.92 Å². The molecule has 1 saturated heterocycles. The van der Waals surface area contributed by atoms with E-state index in [4.69, 9.17) is 4.74 Å². The third kappa shape index (κ3) is 3.83. The Morgan fingerprint density at radius 1 is 1.29 bits per heavy atom. The van der Waals surface area contributed by atoms with Gasteiger partial charge < -0.3 is 15.0 Å². The minimum Gasteiger partial charge on any atom is -0.497 e. The minimum absolute atomic E-state index is 0.0230. The van der Waals surface area contributed by atoms with E-state index in [9.17, 15) is 4.79 Å². The maximum Gasteiger partial charge on any atom is 0.225 e. The van der Waals surface area contributed by atoms with E-state index in [0.29, 0.717) is 6.54 Å². The van der Waals surface area contributed by atoms with Crippen molar-refractivity contribution in [2.45, 2.75) is 25.8 Å². The molecule has 1 fully saturated rings. The molecule has 28 heavy (non-hydrogen) atoms. The number of fused-ring (bicyclic) bond motifs is 1. The van der Waals surface area contributed by atoms with E-state index in [1.807, 2.05) is 43.5 Å². The molecule has 3 aromatic rings. The second-order valence-corrected chi connectivity index (χ2v) is 8.20. The molecule has 2 aromatic heterocycles. The van der Waals surface area contributed by atoms with Gasteiger partial charge in [-0.3, -0.25) is 4.79 Å². The highest BCUT2D eigenvalue weighted by Crippen LogP contribution is 2.31. The second-order valence-electron chi connectivity index (χ2n) is 7.26. The molecule has 3 heterocycles. The van der Waals surface area contributed by atoms with Gasteiger partial charge >= 0.3 is 0 Å². The number of nitrogens with one attached hydrogen (secondary N) is 1. The van der Waals surface area contributed by atoms with Gasteiger partial charge in [0, 0.05) is 29.4 Å². The minimum atomic E-state index is -0.0350. The Bertz CT molecular complexity index is 954. The van der Waals surface area contributed by atoms with Crippen molar-refractivity contribution in [1.82, 2.24) is 10.3 Å². The zero-order chi connectivity index (χ0) is 19.5. The summed E-state index contributed by atoms with van der Waals surface area (Å²) in [5.41, 5.74) is 1.08. The van der Waals surface area contributed by atoms with Crippen LogP contribution in [-0.2, 0) is 4.79 Å². The van der Waals surface area contributed by atoms with Crippen LogP contribution in [0.3, 0.4) is 0 Å². The quantitative estimate of drug-likeness (QED) is 0.696. The summed E-state index contributed by atoms with van der Waals surface area (Å²) in [6, 6.07) is 12.0. The van der Waals surface area contributed by atoms with Crippen LogP contribution < -0.4 is 15.0 Å². The average Bonchev–Trinajstić information content (AvgIpc) is 3.23. The average molecular weight is 396 g/mol. The summed E-state index contributed by atoms with van der Waals surface area (Å²) in [5.74, 6) is 1.91. The van der Waals surface area contributed by atoms with Crippen molar-refractivity contribution in [3.63, 3.8) is 0 Å². The molecule has 5 nitrogen and oxygen atoms in total. The highest BCUT2D eigenvalue weighted by molar-refractivity contribution is 7.17. The number of anilines is 1. The number of ether oxygens (including phenoxy) is 1. The number of methoxy groups -OCH3 is 1. The molecular formula is C22H25N3O2S. The Labute approximate surface area is 169 Å². The number of thiophene rings is 1. The summed E-state index contributed by atoms with van der Waals surface area (Å²) >= 11 is 1.73. The summed E-state index contributed by atoms with van der Waals surface area (Å²) in [5, 5.41) is 6.46. The Balaban J connectivity index is 1.43. The molecule has 0 aliphatic carbocycles. The third-order valence-electron chi connectivity index (χ3n) is 5.43. The number of carbonyl (C=O) groups excluding carboxylic acids is 1. The van der Waals surface area contributed by atoms with E-state index in [1.54, 1.807) is 18.4 Å². The van der Waals surface area contributed by atoms with Crippen LogP contribution in [0.5, 0.6) is 5.75 Å². The van der Waals surface area contributed by atoms with Gasteiger partial charge in [0.2, 0.25) is 5.91 Å². The smallest absolute Gasteiger partial charge is 0.225 e. The van der Waals surface area contributed by atoms with Crippen LogP contribution in [0.4, 0.5) is 5.82 Å². The molecule has 6 heteroatoms. The molecule has 1 amide bonds. The predicted octanol–water partition coefficient (Wildman–Crippen LogP) is 4.40. The van der Waals surface area contributed by atoms with Gasteiger partial charge in [-0.25, -0.2) is 4.98 Å². The van der Waals surface area contributed by atoms with Crippen LogP contribution in [0.2, 0.25) is 0 Å². The predicted molar refractivity (Wildman–Crippen MR) is 114 cm³/mol. The van der Waals surface area contributed by atoms with Gasteiger partial charge in [-0.2, -0.15) is 0 Å². The largest absolute Gasteiger partial charge is 0.497 e. The summed E-state index contributed by atoms with van der Waals surface area (Å²) in [7, 11) is 1.65. The van der Waals surface area contributed by atoms with E-state index in [2.05, 4.69) is 26.6 Å². The monoisotopic (exact) mass is 395 g/mol. The van der Waals surface area contributed by atoms with E-state index in [1.165, 1.54) is 10.1 Å². The van der Waals surface area contributed by atoms with Crippen molar-refractivity contribution in [1.29, 1.82) is 0 Å². The van der Waals surface area contributed by atoms with Crippen molar-refractivity contribution in [2.75, 3.05) is 25.1 Å². The van der Waals surface area contributed by atoms with Gasteiger partial charge in [-0.05, 0) is 55.0 Å². The number of nitrogens with zero attached hydrogens (tertiary/aromatic N) is 2. The summed E-state index contributed by atoms with van der Waals surface area (Å²) in [6.07, 6.45) is 3.78. The number of carbonyl (C=O) groups is 1. The lowest BCUT2D eigenvalue weighted by Gasteiger charge is -2.33. The number of hydrogen-bond acceptors (Lipinski definition) is 5. The van der Waals surface area contributed by atoms with E-state index < -0.39 is 0 Å². The fraction of sp³-hybridized carbons (Fsp3) is 0.364. The first-order valence-corrected chi connectivity index (χ1v) is 10.5. The number of pyridine rings is 1. The van der Waals surface area contributed by atoms with Crippen LogP contribution >= 0.6 is 11.3 Å². The molecule has 146 valence electrons. The Kier molecular flexibility index (Phi) is 5.48. The fourth-order valence-corrected chi connectivity index (χ4v) is 4.60. The van der Waals surface area contributed by atoms with Crippen LogP contribution in [-0.4, -0.2) is 31.1 Å². The molecule has 1 aliphatic rings. The Morgan fingerprint density at radius 3 is 2.89 bits per heavy atom. The standard InChI is InChI=1S/C22H25N3O2S/c1-15(16-5-7-18(27-2)8-6-16)24-22(26)17-4-3-12-25(14-17)21-19-10-13-28-20(19)9-11-23-21/h5-11,13,15,17H,3-4,12,14H2,1-2H3,(H,24,26)/t15-,17-/m1/s1. The topological polar surface area (TPSA) is 54.5 Å². The first-order valence-electron chi connectivity index (χ1n) is 9.67. The van der Waals surface area contributed by atoms with Crippen molar-refractivity contribution >= 4 is 33.1 Å². The van der Waals surface area contributed by atoms with Gasteiger partial charge in [0.1, 0.15) is 11.6 Å². The number of rotatable bonds is 5. The van der Waals surface area contributed by atoms with E-state index in [-0.39, 0.29) is 17.9 Å². The molecule has 0 radical (unpaired) electrons. The van der Waals surface area contributed by atoms with Crippen LogP contribution in [0.25, 0.3) is 10.1 Å². The van der Waals surface area contributed by atoms with Crippen molar-refractivity contribution in [2.24, 2.45) is 5.92 Å². The second kappa shape index (κ2) is 8.19. The maximum atomic E-state index is 12.9. The van der Waals surface area contributed by atoms with Crippen LogP contribution in [0.1, 0.15) is 31.4 Å². The molecule has 0 saturated carbocycles. The Morgan fingerprint density at radius 2 is 2.11 bits per heavy atom. The van der Waals surface area contributed by atoms with Gasteiger partial charge in [0.05, 0.1) is 19.1 Å². The van der Waals surface area contributed by atoms with Gasteiger partial charge in [0.25, 0.3) is 0 Å². The SMILES string of the molecule is COc1ccc([C@@H](C)NC(=O)[C@@H]2CCCN(c3nccc4sccc34)C2)cc1. The highest BCUT2D eigenvalue weighted by Gasteiger charge is 2.28. The molecule has 4 rings (SSSR count). The summed E-state index contributed by atoms with van der Waals surface area (Å²) in [4.78, 5) is 19.8. The van der Waals surface area contributed by atoms with Gasteiger partial charge in [0.15, 0.2) is 0 Å². The number of piperidine rings is 1. The zero-order valence-electron chi connectivity index (χ0n) is 16.2. The van der Waals surface area contributed by atoms with Crippen molar-refractivity contribution in [3.8, 4) is 5.75 Å². The molecular weight excluding hydrogens is 370 g/mol. The number of benzene rings is 1. The fourth-order valence-electron chi connectivity index (χ4n) is 3.82. The lowest BCUT2D eigenvalue weighted by Crippen LogP contribution is -2.44. The summed E-state index contributed by atoms with van der Waals surface area (Å²) in [6.45, 7) is 3.68. The number of aromatic nitrogens is 1. The maximum absolute atomic E-state index is 12.9. The van der Waals surface area contributed by atoms with Crippen molar-refractivity contribution < 1.29 is 9.53 Å². The molecule has 1 aromatic carbocycles. The number of amides is 1. The normalized spacial score (nSPS) is 18.1. The molecule has 0 bridgehead atoms. The molecule has 0 spiro atoms. The lowest BCUT2D eigenvalue weighted by molar-refractivity contribution is -0.125. The Hall–Kier alpha value is -2.60. The first-order chi connectivity index (χ1) is 13.7. The zero-order valence-corrected chi connectivity index (χ0v) is 17.0. The number of hydrogen-bond donors (Lipinski definition) is 1. The van der Waals surface area contributed by atoms with Gasteiger partial charge in [-0.1, -0.05) is 12.1 Å². The molecule has 2 atom stereocenters. The summed E-state index contributed by atoms with van der Waals surface area (Å²) < 4.78 is 6.45. The first kappa shape index (κ1) is 18.7. The lowest BCUT2D eigenvalue weighted by atomic mass is 9.96. The van der Waals surface area contributed by atoms with E-state index >= 15 is 0 Å². The highest BCUT2D eigenvalue weighted by atomic mass is 32.1. The van der Waals surface area contributed by atoms with Crippen molar-refractivity contribution in [3.05, 3.63) is 53.5 Å². The van der Waals surface area contributed by atoms with Crippen LogP contribution in [0.15, 0.2) is 48.0 Å². The molecule has 1 aliphatic heterocycles. The molecule has 0 unspecified atom stereocenters. The van der Waals surface area contributed by atoms with Gasteiger partial charge in [-0.15, -0.1) is 11.3 Å². The van der Waals surface area contributed by atoms with E-state index in [0.717, 1.165) is 36.5 Å². The molecule has 1 N–H and O–H groups in total.